The Bertz CT molecular complexity index is 1230. The number of amides is 1. The predicted octanol–water partition coefficient (Wildman–Crippen LogP) is 4.27. The fourth-order valence-electron chi connectivity index (χ4n) is 4.42. The van der Waals surface area contributed by atoms with Gasteiger partial charge in [0.15, 0.2) is 0 Å². The predicted molar refractivity (Wildman–Crippen MR) is 120 cm³/mol. The number of nitrogens with one attached hydrogen (secondary N) is 1. The smallest absolute Gasteiger partial charge is 0.283 e. The summed E-state index contributed by atoms with van der Waals surface area (Å²) in [5.41, 5.74) is -0.325. The Kier molecular flexibility index (Phi) is 6.69. The van der Waals surface area contributed by atoms with Crippen LogP contribution in [-0.4, -0.2) is 49.0 Å². The normalized spacial score (nSPS) is 22.1. The Morgan fingerprint density at radius 1 is 1.11 bits per heavy atom. The van der Waals surface area contributed by atoms with E-state index in [1.165, 1.54) is 32.0 Å². The highest BCUT2D eigenvalue weighted by atomic mass is 32.2. The SMILES string of the molecule is CC(C)C(=O)N1CC(F)(F)[C@H](NS(=O)(=O)C2CC2)[C@@H]1Cc1cccc(-c2cc(F)cc(F)c2)c1F. The highest BCUT2D eigenvalue weighted by Crippen LogP contribution is 2.38. The Balaban J connectivity index is 1.73. The van der Waals surface area contributed by atoms with Crippen LogP contribution in [0.2, 0.25) is 0 Å². The van der Waals surface area contributed by atoms with Gasteiger partial charge in [0.25, 0.3) is 5.92 Å². The molecule has 1 saturated carbocycles. The van der Waals surface area contributed by atoms with Gasteiger partial charge in [-0.3, -0.25) is 4.79 Å². The number of carbonyl (C=O) groups is 1. The van der Waals surface area contributed by atoms with Crippen molar-refractivity contribution in [2.75, 3.05) is 6.54 Å². The zero-order valence-corrected chi connectivity index (χ0v) is 19.9. The third-order valence-electron chi connectivity index (χ3n) is 6.33. The number of likely N-dealkylation sites (tertiary alicyclic amines) is 1. The first kappa shape index (κ1) is 25.6. The number of halogens is 5. The molecule has 2 aromatic carbocycles. The summed E-state index contributed by atoms with van der Waals surface area (Å²) in [7, 11) is -4.05. The second-order valence-electron chi connectivity index (χ2n) is 9.43. The number of nitrogens with zero attached hydrogens (tertiary/aromatic N) is 1. The van der Waals surface area contributed by atoms with Crippen molar-refractivity contribution in [3.63, 3.8) is 0 Å². The summed E-state index contributed by atoms with van der Waals surface area (Å²) in [6.07, 6.45) is 0.283. The first-order chi connectivity index (χ1) is 16.3. The molecule has 5 nitrogen and oxygen atoms in total. The van der Waals surface area contributed by atoms with Gasteiger partial charge in [0, 0.05) is 17.5 Å². The monoisotopic (exact) mass is 516 g/mol. The minimum Gasteiger partial charge on any atom is -0.331 e. The largest absolute Gasteiger partial charge is 0.331 e. The van der Waals surface area contributed by atoms with Crippen LogP contribution in [0.1, 0.15) is 32.3 Å². The highest BCUT2D eigenvalue weighted by molar-refractivity contribution is 7.90. The summed E-state index contributed by atoms with van der Waals surface area (Å²) < 4.78 is 100. The summed E-state index contributed by atoms with van der Waals surface area (Å²) in [6, 6.07) is 3.20. The van der Waals surface area contributed by atoms with Crippen LogP contribution in [0.15, 0.2) is 36.4 Å². The van der Waals surface area contributed by atoms with Crippen molar-refractivity contribution in [3.8, 4) is 11.1 Å². The zero-order chi connectivity index (χ0) is 25.7. The molecule has 0 bridgehead atoms. The van der Waals surface area contributed by atoms with Crippen molar-refractivity contribution >= 4 is 15.9 Å². The maximum absolute atomic E-state index is 15.5. The second kappa shape index (κ2) is 9.16. The summed E-state index contributed by atoms with van der Waals surface area (Å²) >= 11 is 0. The van der Waals surface area contributed by atoms with Gasteiger partial charge in [0.2, 0.25) is 15.9 Å². The lowest BCUT2D eigenvalue weighted by atomic mass is 9.95. The minimum atomic E-state index is -4.05. The van der Waals surface area contributed by atoms with Crippen molar-refractivity contribution in [2.45, 2.75) is 56.4 Å². The number of hydrogen-bond donors (Lipinski definition) is 1. The Labute approximate surface area is 200 Å². The van der Waals surface area contributed by atoms with Crippen LogP contribution in [0.5, 0.6) is 0 Å². The van der Waals surface area contributed by atoms with Gasteiger partial charge in [-0.05, 0) is 42.5 Å². The molecule has 0 unspecified atom stereocenters. The van der Waals surface area contributed by atoms with E-state index in [9.17, 15) is 22.0 Å². The maximum Gasteiger partial charge on any atom is 0.283 e. The average molecular weight is 517 g/mol. The van der Waals surface area contributed by atoms with Crippen LogP contribution in [-0.2, 0) is 21.2 Å². The quantitative estimate of drug-likeness (QED) is 0.560. The third kappa shape index (κ3) is 5.20. The third-order valence-corrected chi connectivity index (χ3v) is 8.27. The lowest BCUT2D eigenvalue weighted by molar-refractivity contribution is -0.136. The topological polar surface area (TPSA) is 66.5 Å². The molecule has 0 aromatic heterocycles. The number of carbonyl (C=O) groups excluding carboxylic acids is 1. The van der Waals surface area contributed by atoms with Crippen molar-refractivity contribution in [2.24, 2.45) is 5.92 Å². The van der Waals surface area contributed by atoms with Gasteiger partial charge >= 0.3 is 0 Å². The molecule has 1 aliphatic heterocycles. The van der Waals surface area contributed by atoms with Crippen molar-refractivity contribution < 1.29 is 35.2 Å². The molecule has 1 amide bonds. The number of alkyl halides is 2. The van der Waals surface area contributed by atoms with Crippen LogP contribution in [0, 0.1) is 23.4 Å². The van der Waals surface area contributed by atoms with E-state index in [0.717, 1.165) is 17.0 Å². The van der Waals surface area contributed by atoms with Gasteiger partial charge in [-0.25, -0.2) is 35.1 Å². The summed E-state index contributed by atoms with van der Waals surface area (Å²) in [4.78, 5) is 13.7. The van der Waals surface area contributed by atoms with Crippen LogP contribution in [0.3, 0.4) is 0 Å². The van der Waals surface area contributed by atoms with E-state index in [1.54, 1.807) is 0 Å². The zero-order valence-electron chi connectivity index (χ0n) is 19.1. The van der Waals surface area contributed by atoms with E-state index in [1.807, 2.05) is 0 Å². The molecule has 4 rings (SSSR count). The molecule has 2 fully saturated rings. The van der Waals surface area contributed by atoms with Crippen LogP contribution < -0.4 is 4.72 Å². The van der Waals surface area contributed by atoms with Gasteiger partial charge in [-0.15, -0.1) is 0 Å². The van der Waals surface area contributed by atoms with Crippen molar-refractivity contribution in [1.82, 2.24) is 9.62 Å². The summed E-state index contributed by atoms with van der Waals surface area (Å²) in [5, 5.41) is -0.767. The van der Waals surface area contributed by atoms with E-state index >= 15 is 13.2 Å². The van der Waals surface area contributed by atoms with Gasteiger partial charge in [0.05, 0.1) is 17.8 Å². The molecular weight excluding hydrogens is 491 g/mol. The van der Waals surface area contributed by atoms with Crippen molar-refractivity contribution in [1.29, 1.82) is 0 Å². The van der Waals surface area contributed by atoms with E-state index in [0.29, 0.717) is 18.9 Å². The summed E-state index contributed by atoms with van der Waals surface area (Å²) in [5.74, 6) is -7.58. The molecule has 1 saturated heterocycles. The van der Waals surface area contributed by atoms with E-state index in [4.69, 9.17) is 0 Å². The molecule has 1 N–H and O–H groups in total. The Hall–Kier alpha value is -2.53. The number of rotatable bonds is 7. The first-order valence-electron chi connectivity index (χ1n) is 11.2. The van der Waals surface area contributed by atoms with Gasteiger partial charge in [-0.2, -0.15) is 0 Å². The molecule has 0 spiro atoms. The molecule has 11 heteroatoms. The van der Waals surface area contributed by atoms with Gasteiger partial charge in [-0.1, -0.05) is 32.0 Å². The number of benzene rings is 2. The lowest BCUT2D eigenvalue weighted by Crippen LogP contribution is -2.53. The van der Waals surface area contributed by atoms with E-state index < -0.39 is 75.5 Å². The minimum absolute atomic E-state index is 0.0836. The lowest BCUT2D eigenvalue weighted by Gasteiger charge is -2.29. The molecule has 35 heavy (non-hydrogen) atoms. The molecule has 190 valence electrons. The van der Waals surface area contributed by atoms with Gasteiger partial charge < -0.3 is 4.90 Å². The van der Waals surface area contributed by atoms with Crippen LogP contribution in [0.4, 0.5) is 22.0 Å². The van der Waals surface area contributed by atoms with Crippen LogP contribution >= 0.6 is 0 Å². The van der Waals surface area contributed by atoms with E-state index in [-0.39, 0.29) is 16.7 Å². The second-order valence-corrected chi connectivity index (χ2v) is 11.4. The molecule has 2 aliphatic rings. The molecule has 1 aliphatic carbocycles. The fraction of sp³-hybridized carbons (Fsp3) is 0.458. The molecule has 1 heterocycles. The number of hydrogen-bond acceptors (Lipinski definition) is 3. The summed E-state index contributed by atoms with van der Waals surface area (Å²) in [6.45, 7) is 2.04. The van der Waals surface area contributed by atoms with Gasteiger partial charge in [0.1, 0.15) is 23.5 Å². The number of sulfonamides is 1. The van der Waals surface area contributed by atoms with E-state index in [2.05, 4.69) is 4.72 Å². The Morgan fingerprint density at radius 3 is 2.31 bits per heavy atom. The molecule has 2 aromatic rings. The molecule has 0 radical (unpaired) electrons. The fourth-order valence-corrected chi connectivity index (χ4v) is 6.05. The van der Waals surface area contributed by atoms with Crippen LogP contribution in [0.25, 0.3) is 11.1 Å². The standard InChI is InChI=1S/C24H25F5N2O3S/c1-13(2)23(32)31-12-24(28,29)22(30-35(33,34)18-6-7-18)20(31)10-14-4-3-5-19(21(14)27)15-8-16(25)11-17(26)9-15/h3-5,8-9,11,13,18,20,22,30H,6-7,10,12H2,1-2H3/t20-,22+/m0/s1. The molecular formula is C24H25F5N2O3S. The Morgan fingerprint density at radius 2 is 1.74 bits per heavy atom. The maximum atomic E-state index is 15.5. The van der Waals surface area contributed by atoms with Crippen molar-refractivity contribution in [3.05, 3.63) is 59.4 Å². The first-order valence-corrected chi connectivity index (χ1v) is 12.8. The average Bonchev–Trinajstić information content (AvgIpc) is 3.57. The highest BCUT2D eigenvalue weighted by Gasteiger charge is 2.58. The molecule has 2 atom stereocenters.